The lowest BCUT2D eigenvalue weighted by molar-refractivity contribution is -0.147. The second kappa shape index (κ2) is 5.82. The number of ether oxygens (including phenoxy) is 1. The molecule has 0 rings (SSSR count). The molecule has 0 unspecified atom stereocenters. The molecular weight excluding hydrogens is 152 g/mol. The summed E-state index contributed by atoms with van der Waals surface area (Å²) < 4.78 is 4.34. The first-order chi connectivity index (χ1) is 5.20. The second-order valence-corrected chi connectivity index (χ2v) is 1.83. The average Bonchev–Trinajstić information content (AvgIpc) is 2.04. The third kappa shape index (κ3) is 5.50. The van der Waals surface area contributed by atoms with Crippen molar-refractivity contribution in [2.24, 2.45) is 0 Å². The van der Waals surface area contributed by atoms with Crippen LogP contribution in [-0.2, 0) is 14.3 Å². The molecule has 5 nitrogen and oxygen atoms in total. The molecule has 0 fully saturated rings. The van der Waals surface area contributed by atoms with Crippen LogP contribution in [-0.4, -0.2) is 41.8 Å². The van der Waals surface area contributed by atoms with E-state index in [1.807, 2.05) is 0 Å². The van der Waals surface area contributed by atoms with E-state index in [-0.39, 0.29) is 13.0 Å². The van der Waals surface area contributed by atoms with E-state index in [1.54, 1.807) is 0 Å². The van der Waals surface area contributed by atoms with Crippen LogP contribution in [0, 0.1) is 0 Å². The number of carbonyl (C=O) groups excluding carboxylic acids is 2. The zero-order valence-electron chi connectivity index (χ0n) is 5.95. The number of rotatable bonds is 5. The van der Waals surface area contributed by atoms with Crippen molar-refractivity contribution in [3.8, 4) is 0 Å². The zero-order chi connectivity index (χ0) is 8.69. The molecule has 0 bridgehead atoms. The van der Waals surface area contributed by atoms with E-state index >= 15 is 0 Å². The summed E-state index contributed by atoms with van der Waals surface area (Å²) >= 11 is 0. The minimum atomic E-state index is -0.768. The van der Waals surface area contributed by atoms with Crippen molar-refractivity contribution in [1.29, 1.82) is 0 Å². The highest BCUT2D eigenvalue weighted by Gasteiger charge is 2.02. The number of ketones is 1. The van der Waals surface area contributed by atoms with E-state index in [4.69, 9.17) is 10.2 Å². The normalized spacial score (nSPS) is 9.27. The molecule has 2 N–H and O–H groups in total. The first-order valence-corrected chi connectivity index (χ1v) is 3.09. The Labute approximate surface area is 63.6 Å². The molecular formula is C6H10O5. The molecule has 0 aromatic rings. The summed E-state index contributed by atoms with van der Waals surface area (Å²) in [5.74, 6) is -1.16. The quantitative estimate of drug-likeness (QED) is 0.479. The summed E-state index contributed by atoms with van der Waals surface area (Å²) in [6, 6.07) is 0. The Morgan fingerprint density at radius 1 is 1.18 bits per heavy atom. The van der Waals surface area contributed by atoms with Gasteiger partial charge >= 0.3 is 5.97 Å². The summed E-state index contributed by atoms with van der Waals surface area (Å²) in [5, 5.41) is 16.4. The first kappa shape index (κ1) is 10.1. The molecule has 5 heteroatoms. The molecule has 0 heterocycles. The van der Waals surface area contributed by atoms with Gasteiger partial charge in [0.05, 0.1) is 6.61 Å². The van der Waals surface area contributed by atoms with Gasteiger partial charge in [0.2, 0.25) is 0 Å². The summed E-state index contributed by atoms with van der Waals surface area (Å²) in [7, 11) is 0. The Hall–Kier alpha value is -0.940. The summed E-state index contributed by atoms with van der Waals surface area (Å²) in [6.45, 7) is -1.32. The van der Waals surface area contributed by atoms with E-state index in [0.717, 1.165) is 0 Å². The van der Waals surface area contributed by atoms with E-state index in [0.29, 0.717) is 0 Å². The molecule has 0 aromatic carbocycles. The third-order valence-corrected chi connectivity index (χ3v) is 0.949. The molecule has 11 heavy (non-hydrogen) atoms. The van der Waals surface area contributed by atoms with Gasteiger partial charge in [-0.15, -0.1) is 0 Å². The van der Waals surface area contributed by atoms with Gasteiger partial charge in [-0.2, -0.15) is 0 Å². The third-order valence-electron chi connectivity index (χ3n) is 0.949. The fourth-order valence-electron chi connectivity index (χ4n) is 0.403. The van der Waals surface area contributed by atoms with Gasteiger partial charge in [0.1, 0.15) is 13.2 Å². The molecule has 0 atom stereocenters. The Bertz CT molecular complexity index is 126. The molecule has 0 aromatic heterocycles. The molecule has 0 radical (unpaired) electrons. The first-order valence-electron chi connectivity index (χ1n) is 3.09. The number of aliphatic hydroxyl groups excluding tert-OH is 2. The van der Waals surface area contributed by atoms with Gasteiger partial charge in [-0.1, -0.05) is 0 Å². The minimum absolute atomic E-state index is 0.0117. The van der Waals surface area contributed by atoms with Crippen molar-refractivity contribution in [2.75, 3.05) is 19.8 Å². The fraction of sp³-hybridized carbons (Fsp3) is 0.667. The molecule has 0 aliphatic carbocycles. The van der Waals surface area contributed by atoms with Crippen LogP contribution in [0.4, 0.5) is 0 Å². The number of hydrogen-bond donors (Lipinski definition) is 2. The van der Waals surface area contributed by atoms with Crippen molar-refractivity contribution in [3.05, 3.63) is 0 Å². The number of hydrogen-bond acceptors (Lipinski definition) is 5. The molecule has 0 aliphatic heterocycles. The fourth-order valence-corrected chi connectivity index (χ4v) is 0.403. The van der Waals surface area contributed by atoms with Gasteiger partial charge in [0, 0.05) is 6.42 Å². The van der Waals surface area contributed by atoms with Gasteiger partial charge in [0.15, 0.2) is 5.78 Å². The second-order valence-electron chi connectivity index (χ2n) is 1.83. The predicted octanol–water partition coefficient (Wildman–Crippen LogP) is -1.53. The standard InChI is InChI=1S/C6H10O5/c7-3-5(9)1-2-11-6(10)4-8/h7-8H,1-4H2. The largest absolute Gasteiger partial charge is 0.464 e. The van der Waals surface area contributed by atoms with Crippen molar-refractivity contribution in [2.45, 2.75) is 6.42 Å². The number of carbonyl (C=O) groups is 2. The number of Topliss-reactive ketones (excluding diaryl/α,β-unsaturated/α-hetero) is 1. The molecule has 0 spiro atoms. The van der Waals surface area contributed by atoms with E-state index in [2.05, 4.69) is 4.74 Å². The van der Waals surface area contributed by atoms with Gasteiger partial charge < -0.3 is 14.9 Å². The average molecular weight is 162 g/mol. The lowest BCUT2D eigenvalue weighted by atomic mass is 10.3. The van der Waals surface area contributed by atoms with Crippen LogP contribution in [0.5, 0.6) is 0 Å². The lowest BCUT2D eigenvalue weighted by Gasteiger charge is -1.99. The summed E-state index contributed by atoms with van der Waals surface area (Å²) in [5.41, 5.74) is 0. The predicted molar refractivity (Wildman–Crippen MR) is 34.8 cm³/mol. The van der Waals surface area contributed by atoms with Crippen molar-refractivity contribution < 1.29 is 24.5 Å². The van der Waals surface area contributed by atoms with Crippen molar-refractivity contribution in [1.82, 2.24) is 0 Å². The Balaban J connectivity index is 3.27. The maximum Gasteiger partial charge on any atom is 0.331 e. The molecule has 0 saturated heterocycles. The highest BCUT2D eigenvalue weighted by atomic mass is 16.5. The monoisotopic (exact) mass is 162 g/mol. The van der Waals surface area contributed by atoms with Crippen molar-refractivity contribution >= 4 is 11.8 Å². The Morgan fingerprint density at radius 2 is 1.82 bits per heavy atom. The molecule has 0 amide bonds. The van der Waals surface area contributed by atoms with Gasteiger partial charge in [-0.25, -0.2) is 4.79 Å². The Kier molecular flexibility index (Phi) is 5.32. The zero-order valence-corrected chi connectivity index (χ0v) is 5.95. The Morgan fingerprint density at radius 3 is 2.27 bits per heavy atom. The SMILES string of the molecule is O=C(CO)CCOC(=O)CO. The topological polar surface area (TPSA) is 83.8 Å². The van der Waals surface area contributed by atoms with E-state index < -0.39 is 25.0 Å². The van der Waals surface area contributed by atoms with Crippen LogP contribution >= 0.6 is 0 Å². The van der Waals surface area contributed by atoms with Crippen LogP contribution in [0.15, 0.2) is 0 Å². The number of esters is 1. The molecule has 64 valence electrons. The van der Waals surface area contributed by atoms with Crippen LogP contribution in [0.3, 0.4) is 0 Å². The van der Waals surface area contributed by atoms with Crippen LogP contribution in [0.1, 0.15) is 6.42 Å². The van der Waals surface area contributed by atoms with Gasteiger partial charge in [-0.3, -0.25) is 4.79 Å². The van der Waals surface area contributed by atoms with Gasteiger partial charge in [0.25, 0.3) is 0 Å². The number of aliphatic hydroxyl groups is 2. The molecule has 0 aliphatic rings. The van der Waals surface area contributed by atoms with Crippen LogP contribution in [0.25, 0.3) is 0 Å². The van der Waals surface area contributed by atoms with Crippen molar-refractivity contribution in [3.63, 3.8) is 0 Å². The lowest BCUT2D eigenvalue weighted by Crippen LogP contribution is -2.13. The minimum Gasteiger partial charge on any atom is -0.464 e. The summed E-state index contributed by atoms with van der Waals surface area (Å²) in [6.07, 6.45) is -0.0117. The van der Waals surface area contributed by atoms with E-state index in [1.165, 1.54) is 0 Å². The van der Waals surface area contributed by atoms with Crippen LogP contribution < -0.4 is 0 Å². The van der Waals surface area contributed by atoms with E-state index in [9.17, 15) is 9.59 Å². The summed E-state index contributed by atoms with van der Waals surface area (Å²) in [4.78, 5) is 20.6. The maximum atomic E-state index is 10.4. The maximum absolute atomic E-state index is 10.4. The smallest absolute Gasteiger partial charge is 0.331 e. The highest BCUT2D eigenvalue weighted by Crippen LogP contribution is 1.85. The highest BCUT2D eigenvalue weighted by molar-refractivity contribution is 5.79. The van der Waals surface area contributed by atoms with Gasteiger partial charge in [-0.05, 0) is 0 Å². The molecule has 0 saturated carbocycles. The van der Waals surface area contributed by atoms with Crippen LogP contribution in [0.2, 0.25) is 0 Å².